The summed E-state index contributed by atoms with van der Waals surface area (Å²) in [7, 11) is 1.59. The summed E-state index contributed by atoms with van der Waals surface area (Å²) in [5, 5.41) is 6.19. The zero-order valence-corrected chi connectivity index (χ0v) is 16.0. The van der Waals surface area contributed by atoms with Gasteiger partial charge < -0.3 is 15.4 Å². The summed E-state index contributed by atoms with van der Waals surface area (Å²) in [6, 6.07) is 15.1. The number of methoxy groups -OCH3 is 1. The van der Waals surface area contributed by atoms with E-state index in [1.807, 2.05) is 18.2 Å². The predicted molar refractivity (Wildman–Crippen MR) is 109 cm³/mol. The highest BCUT2D eigenvalue weighted by atomic mass is 16.5. The van der Waals surface area contributed by atoms with Crippen LogP contribution in [0.2, 0.25) is 0 Å². The van der Waals surface area contributed by atoms with Gasteiger partial charge in [-0.25, -0.2) is 4.98 Å². The number of amides is 1. The number of hydrogen-bond donors (Lipinski definition) is 2. The molecular weight excluding hydrogens is 338 g/mol. The number of benzene rings is 2. The Balaban J connectivity index is 1.72. The number of hydrogen-bond acceptors (Lipinski definition) is 4. The number of nitrogens with one attached hydrogen (secondary N) is 2. The van der Waals surface area contributed by atoms with Gasteiger partial charge in [-0.2, -0.15) is 0 Å². The number of aromatic nitrogens is 1. The quantitative estimate of drug-likeness (QED) is 0.670. The molecule has 1 aromatic heterocycles. The molecule has 2 aromatic carbocycles. The molecule has 0 spiro atoms. The number of rotatable bonds is 5. The van der Waals surface area contributed by atoms with E-state index >= 15 is 0 Å². The maximum Gasteiger partial charge on any atom is 0.257 e. The summed E-state index contributed by atoms with van der Waals surface area (Å²) in [5.74, 6) is 1.17. The third kappa shape index (κ3) is 4.44. The van der Waals surface area contributed by atoms with Crippen molar-refractivity contribution in [3.05, 3.63) is 77.0 Å². The Morgan fingerprint density at radius 2 is 1.74 bits per heavy atom. The molecular formula is C22H23N3O2. The van der Waals surface area contributed by atoms with Crippen molar-refractivity contribution in [2.45, 2.75) is 20.8 Å². The van der Waals surface area contributed by atoms with Crippen LogP contribution in [0, 0.1) is 20.8 Å². The first kappa shape index (κ1) is 18.5. The summed E-state index contributed by atoms with van der Waals surface area (Å²) >= 11 is 0. The molecule has 2 N–H and O–H groups in total. The van der Waals surface area contributed by atoms with E-state index < -0.39 is 0 Å². The Morgan fingerprint density at radius 3 is 2.37 bits per heavy atom. The predicted octanol–water partition coefficient (Wildman–Crippen LogP) is 5.01. The number of carbonyl (C=O) groups is 1. The Labute approximate surface area is 159 Å². The summed E-state index contributed by atoms with van der Waals surface area (Å²) in [5.41, 5.74) is 5.76. The number of carbonyl (C=O) groups excluding carboxylic acids is 1. The topological polar surface area (TPSA) is 63.2 Å². The van der Waals surface area contributed by atoms with Crippen molar-refractivity contribution < 1.29 is 9.53 Å². The molecule has 0 saturated carbocycles. The lowest BCUT2D eigenvalue weighted by Crippen LogP contribution is -2.12. The van der Waals surface area contributed by atoms with E-state index in [0.29, 0.717) is 22.8 Å². The Kier molecular flexibility index (Phi) is 5.41. The molecule has 5 heteroatoms. The maximum absolute atomic E-state index is 12.4. The summed E-state index contributed by atoms with van der Waals surface area (Å²) in [6.45, 7) is 6.22. The van der Waals surface area contributed by atoms with Gasteiger partial charge in [0, 0.05) is 23.6 Å². The van der Waals surface area contributed by atoms with Crippen LogP contribution in [0.25, 0.3) is 0 Å². The van der Waals surface area contributed by atoms with E-state index in [2.05, 4.69) is 48.5 Å². The van der Waals surface area contributed by atoms with Gasteiger partial charge in [0.05, 0.1) is 12.7 Å². The molecule has 1 heterocycles. The molecule has 0 aliphatic carbocycles. The van der Waals surface area contributed by atoms with Gasteiger partial charge in [0.15, 0.2) is 0 Å². The highest BCUT2D eigenvalue weighted by molar-refractivity contribution is 6.04. The summed E-state index contributed by atoms with van der Waals surface area (Å²) < 4.78 is 5.17. The minimum atomic E-state index is -0.218. The lowest BCUT2D eigenvalue weighted by molar-refractivity contribution is 0.102. The molecule has 3 aromatic rings. The van der Waals surface area contributed by atoms with E-state index in [0.717, 1.165) is 16.8 Å². The van der Waals surface area contributed by atoms with Gasteiger partial charge >= 0.3 is 0 Å². The minimum Gasteiger partial charge on any atom is -0.497 e. The van der Waals surface area contributed by atoms with Crippen molar-refractivity contribution >= 4 is 23.1 Å². The van der Waals surface area contributed by atoms with Gasteiger partial charge in [-0.3, -0.25) is 4.79 Å². The van der Waals surface area contributed by atoms with Gasteiger partial charge in [0.1, 0.15) is 11.6 Å². The second-order valence-corrected chi connectivity index (χ2v) is 6.52. The molecule has 0 unspecified atom stereocenters. The van der Waals surface area contributed by atoms with Gasteiger partial charge in [-0.1, -0.05) is 23.8 Å². The first-order valence-electron chi connectivity index (χ1n) is 8.72. The van der Waals surface area contributed by atoms with Crippen molar-refractivity contribution in [2.24, 2.45) is 0 Å². The van der Waals surface area contributed by atoms with E-state index in [-0.39, 0.29) is 5.91 Å². The summed E-state index contributed by atoms with van der Waals surface area (Å²) in [6.07, 6.45) is 1.57. The van der Waals surface area contributed by atoms with Crippen molar-refractivity contribution in [1.82, 2.24) is 4.98 Å². The molecule has 0 fully saturated rings. The number of nitrogens with zero attached hydrogens (tertiary/aromatic N) is 1. The van der Waals surface area contributed by atoms with Crippen LogP contribution >= 0.6 is 0 Å². The van der Waals surface area contributed by atoms with Crippen LogP contribution in [0.1, 0.15) is 27.0 Å². The van der Waals surface area contributed by atoms with Crippen molar-refractivity contribution in [3.8, 4) is 5.75 Å². The molecule has 0 atom stereocenters. The van der Waals surface area contributed by atoms with E-state index in [4.69, 9.17) is 4.74 Å². The molecule has 0 aliphatic heterocycles. The minimum absolute atomic E-state index is 0.218. The average Bonchev–Trinajstić information content (AvgIpc) is 2.65. The largest absolute Gasteiger partial charge is 0.497 e. The zero-order chi connectivity index (χ0) is 19.4. The summed E-state index contributed by atoms with van der Waals surface area (Å²) in [4.78, 5) is 16.8. The highest BCUT2D eigenvalue weighted by Gasteiger charge is 2.09. The first-order valence-corrected chi connectivity index (χ1v) is 8.72. The molecule has 0 saturated heterocycles. The van der Waals surface area contributed by atoms with Crippen LogP contribution < -0.4 is 15.4 Å². The number of ether oxygens (including phenoxy) is 1. The fourth-order valence-electron chi connectivity index (χ4n) is 3.01. The van der Waals surface area contributed by atoms with Crippen LogP contribution in [0.4, 0.5) is 17.2 Å². The molecule has 0 aliphatic rings. The van der Waals surface area contributed by atoms with E-state index in [9.17, 15) is 4.79 Å². The van der Waals surface area contributed by atoms with Crippen LogP contribution in [0.15, 0.2) is 54.7 Å². The van der Waals surface area contributed by atoms with Gasteiger partial charge in [-0.05, 0) is 56.2 Å². The van der Waals surface area contributed by atoms with Crippen LogP contribution in [-0.4, -0.2) is 18.0 Å². The van der Waals surface area contributed by atoms with Crippen molar-refractivity contribution in [1.29, 1.82) is 0 Å². The van der Waals surface area contributed by atoms with Crippen molar-refractivity contribution in [2.75, 3.05) is 17.7 Å². The Morgan fingerprint density at radius 1 is 1.00 bits per heavy atom. The van der Waals surface area contributed by atoms with E-state index in [1.165, 1.54) is 5.56 Å². The van der Waals surface area contributed by atoms with Crippen LogP contribution in [0.5, 0.6) is 5.75 Å². The van der Waals surface area contributed by atoms with E-state index in [1.54, 1.807) is 31.5 Å². The molecule has 0 bridgehead atoms. The second-order valence-electron chi connectivity index (χ2n) is 6.52. The van der Waals surface area contributed by atoms with Gasteiger partial charge in [0.2, 0.25) is 0 Å². The number of pyridine rings is 1. The SMILES string of the molecule is COc1cccc(NC(=O)c2ccc(Nc3c(C)cc(C)cc3C)nc2)c1. The fraction of sp³-hybridized carbons (Fsp3) is 0.182. The lowest BCUT2D eigenvalue weighted by atomic mass is 10.1. The van der Waals surface area contributed by atoms with Crippen molar-refractivity contribution in [3.63, 3.8) is 0 Å². The molecule has 27 heavy (non-hydrogen) atoms. The molecule has 138 valence electrons. The standard InChI is InChI=1S/C22H23N3O2/c1-14-10-15(2)21(16(3)11-14)25-20-9-8-17(13-23-20)22(26)24-18-6-5-7-19(12-18)27-4/h5-13H,1-4H3,(H,23,25)(H,24,26). The number of anilines is 3. The zero-order valence-electron chi connectivity index (χ0n) is 16.0. The molecule has 5 nitrogen and oxygen atoms in total. The van der Waals surface area contributed by atoms with Crippen LogP contribution in [0.3, 0.4) is 0 Å². The number of aryl methyl sites for hydroxylation is 3. The monoisotopic (exact) mass is 361 g/mol. The molecule has 0 radical (unpaired) electrons. The van der Waals surface area contributed by atoms with Gasteiger partial charge in [0.25, 0.3) is 5.91 Å². The highest BCUT2D eigenvalue weighted by Crippen LogP contribution is 2.25. The molecule has 1 amide bonds. The molecule has 3 rings (SSSR count). The maximum atomic E-state index is 12.4. The Hall–Kier alpha value is -3.34. The smallest absolute Gasteiger partial charge is 0.257 e. The second kappa shape index (κ2) is 7.91. The average molecular weight is 361 g/mol. The third-order valence-corrected chi connectivity index (χ3v) is 4.28. The van der Waals surface area contributed by atoms with Gasteiger partial charge in [-0.15, -0.1) is 0 Å². The normalized spacial score (nSPS) is 10.4. The Bertz CT molecular complexity index is 943. The lowest BCUT2D eigenvalue weighted by Gasteiger charge is -2.13. The van der Waals surface area contributed by atoms with Crippen LogP contribution in [-0.2, 0) is 0 Å². The third-order valence-electron chi connectivity index (χ3n) is 4.28. The first-order chi connectivity index (χ1) is 13.0. The fourth-order valence-corrected chi connectivity index (χ4v) is 3.01.